The number of ether oxygens (including phenoxy) is 3. The van der Waals surface area contributed by atoms with Gasteiger partial charge in [0.05, 0.1) is 13.7 Å². The number of esters is 1. The number of benzene rings is 3. The molecule has 0 radical (unpaired) electrons. The van der Waals surface area contributed by atoms with Crippen LogP contribution in [0.2, 0.25) is 0 Å². The molecule has 0 amide bonds. The average molecular weight is 401 g/mol. The van der Waals surface area contributed by atoms with E-state index in [4.69, 9.17) is 14.2 Å². The van der Waals surface area contributed by atoms with Crippen molar-refractivity contribution in [2.45, 2.75) is 19.8 Å². The van der Waals surface area contributed by atoms with Gasteiger partial charge in [0.15, 0.2) is 5.70 Å². The monoisotopic (exact) mass is 401 g/mol. The van der Waals surface area contributed by atoms with Crippen LogP contribution in [0.5, 0.6) is 11.5 Å². The molecule has 1 aliphatic rings. The normalized spacial score (nSPS) is 14.7. The SMILES string of the molecule is CCCCOc1ccc(C2=N/C(=C\c3c(OC)ccc4ccccc34)C(=O)O2)cc1. The van der Waals surface area contributed by atoms with Crippen molar-refractivity contribution in [2.75, 3.05) is 13.7 Å². The molecule has 30 heavy (non-hydrogen) atoms. The zero-order valence-electron chi connectivity index (χ0n) is 17.1. The molecule has 1 aliphatic heterocycles. The first-order valence-corrected chi connectivity index (χ1v) is 10.0. The van der Waals surface area contributed by atoms with Crippen LogP contribution in [0, 0.1) is 0 Å². The van der Waals surface area contributed by atoms with Gasteiger partial charge in [0, 0.05) is 11.1 Å². The van der Waals surface area contributed by atoms with Gasteiger partial charge in [-0.15, -0.1) is 0 Å². The lowest BCUT2D eigenvalue weighted by molar-refractivity contribution is -0.129. The predicted octanol–water partition coefficient (Wildman–Crippen LogP) is 5.37. The maximum atomic E-state index is 12.5. The van der Waals surface area contributed by atoms with Crippen molar-refractivity contribution in [3.63, 3.8) is 0 Å². The summed E-state index contributed by atoms with van der Waals surface area (Å²) in [6, 6.07) is 19.2. The minimum Gasteiger partial charge on any atom is -0.496 e. The lowest BCUT2D eigenvalue weighted by atomic mass is 10.0. The van der Waals surface area contributed by atoms with E-state index in [0.717, 1.165) is 40.5 Å². The molecule has 4 rings (SSSR count). The molecule has 0 aliphatic carbocycles. The highest BCUT2D eigenvalue weighted by Gasteiger charge is 2.25. The topological polar surface area (TPSA) is 57.1 Å². The van der Waals surface area contributed by atoms with Gasteiger partial charge in [-0.25, -0.2) is 9.79 Å². The van der Waals surface area contributed by atoms with E-state index in [1.165, 1.54) is 0 Å². The van der Waals surface area contributed by atoms with E-state index in [0.29, 0.717) is 12.4 Å². The number of cyclic esters (lactones) is 1. The van der Waals surface area contributed by atoms with E-state index >= 15 is 0 Å². The van der Waals surface area contributed by atoms with Gasteiger partial charge in [-0.2, -0.15) is 0 Å². The summed E-state index contributed by atoms with van der Waals surface area (Å²) < 4.78 is 16.6. The summed E-state index contributed by atoms with van der Waals surface area (Å²) in [6.45, 7) is 2.81. The second kappa shape index (κ2) is 8.82. The molecule has 0 unspecified atom stereocenters. The molecule has 5 heteroatoms. The minimum absolute atomic E-state index is 0.239. The minimum atomic E-state index is -0.483. The molecule has 0 atom stereocenters. The number of hydrogen-bond acceptors (Lipinski definition) is 5. The van der Waals surface area contributed by atoms with Gasteiger partial charge in [0.25, 0.3) is 0 Å². The number of fused-ring (bicyclic) bond motifs is 1. The third-order valence-corrected chi connectivity index (χ3v) is 4.92. The predicted molar refractivity (Wildman–Crippen MR) is 118 cm³/mol. The second-order valence-corrected chi connectivity index (χ2v) is 6.97. The van der Waals surface area contributed by atoms with Crippen molar-refractivity contribution in [2.24, 2.45) is 4.99 Å². The Morgan fingerprint density at radius 2 is 1.83 bits per heavy atom. The van der Waals surface area contributed by atoms with Gasteiger partial charge in [0.1, 0.15) is 11.5 Å². The van der Waals surface area contributed by atoms with Crippen LogP contribution in [-0.4, -0.2) is 25.6 Å². The standard InChI is InChI=1S/C25H23NO4/c1-3-4-15-29-19-12-9-18(10-13-19)24-26-22(25(27)30-24)16-21-20-8-6-5-7-17(20)11-14-23(21)28-2/h5-14,16H,3-4,15H2,1-2H3/b22-16-. The molecule has 3 aromatic rings. The zero-order valence-corrected chi connectivity index (χ0v) is 17.1. The van der Waals surface area contributed by atoms with Gasteiger partial charge in [-0.1, -0.05) is 43.7 Å². The summed E-state index contributed by atoms with van der Waals surface area (Å²) in [5, 5.41) is 2.04. The van der Waals surface area contributed by atoms with Crippen molar-refractivity contribution in [1.29, 1.82) is 0 Å². The van der Waals surface area contributed by atoms with Gasteiger partial charge in [0.2, 0.25) is 5.90 Å². The zero-order chi connectivity index (χ0) is 20.9. The Hall–Kier alpha value is -3.60. The van der Waals surface area contributed by atoms with Crippen LogP contribution in [0.15, 0.2) is 71.4 Å². The van der Waals surface area contributed by atoms with Gasteiger partial charge in [-0.05, 0) is 53.6 Å². The van der Waals surface area contributed by atoms with Crippen LogP contribution in [0.4, 0.5) is 0 Å². The Morgan fingerprint density at radius 3 is 2.60 bits per heavy atom. The van der Waals surface area contributed by atoms with Crippen molar-refractivity contribution in [1.82, 2.24) is 0 Å². The summed E-state index contributed by atoms with van der Waals surface area (Å²) in [7, 11) is 1.61. The smallest absolute Gasteiger partial charge is 0.363 e. The average Bonchev–Trinajstić information content (AvgIpc) is 3.15. The van der Waals surface area contributed by atoms with Gasteiger partial charge >= 0.3 is 5.97 Å². The number of carbonyl (C=O) groups is 1. The summed E-state index contributed by atoms with van der Waals surface area (Å²) >= 11 is 0. The molecular weight excluding hydrogens is 378 g/mol. The number of nitrogens with zero attached hydrogens (tertiary/aromatic N) is 1. The lowest BCUT2D eigenvalue weighted by Gasteiger charge is -2.08. The van der Waals surface area contributed by atoms with Crippen molar-refractivity contribution >= 4 is 28.7 Å². The molecule has 0 saturated heterocycles. The lowest BCUT2D eigenvalue weighted by Crippen LogP contribution is -2.05. The first kappa shape index (κ1) is 19.7. The van der Waals surface area contributed by atoms with Crippen LogP contribution in [0.25, 0.3) is 16.8 Å². The highest BCUT2D eigenvalue weighted by atomic mass is 16.6. The molecular formula is C25H23NO4. The highest BCUT2D eigenvalue weighted by Crippen LogP contribution is 2.31. The third kappa shape index (κ3) is 4.06. The fourth-order valence-corrected chi connectivity index (χ4v) is 3.30. The Bertz CT molecular complexity index is 1130. The van der Waals surface area contributed by atoms with E-state index in [1.54, 1.807) is 13.2 Å². The molecule has 0 fully saturated rings. The summed E-state index contributed by atoms with van der Waals surface area (Å²) in [6.07, 6.45) is 3.82. The maximum absolute atomic E-state index is 12.5. The van der Waals surface area contributed by atoms with Crippen LogP contribution in [0.3, 0.4) is 0 Å². The quantitative estimate of drug-likeness (QED) is 0.303. The molecule has 0 saturated carbocycles. The molecule has 0 aromatic heterocycles. The molecule has 0 bridgehead atoms. The maximum Gasteiger partial charge on any atom is 0.363 e. The van der Waals surface area contributed by atoms with E-state index in [9.17, 15) is 4.79 Å². The van der Waals surface area contributed by atoms with E-state index < -0.39 is 5.97 Å². The second-order valence-electron chi connectivity index (χ2n) is 6.97. The molecule has 152 valence electrons. The fourth-order valence-electron chi connectivity index (χ4n) is 3.30. The van der Waals surface area contributed by atoms with E-state index in [-0.39, 0.29) is 11.6 Å². The number of aliphatic imine (C=N–C) groups is 1. The van der Waals surface area contributed by atoms with Crippen LogP contribution >= 0.6 is 0 Å². The Morgan fingerprint density at radius 1 is 1.03 bits per heavy atom. The van der Waals surface area contributed by atoms with Crippen molar-refractivity contribution < 1.29 is 19.0 Å². The van der Waals surface area contributed by atoms with Crippen LogP contribution < -0.4 is 9.47 Å². The molecule has 0 N–H and O–H groups in total. The van der Waals surface area contributed by atoms with Crippen LogP contribution in [-0.2, 0) is 9.53 Å². The first-order chi connectivity index (χ1) is 14.7. The number of methoxy groups -OCH3 is 1. The third-order valence-electron chi connectivity index (χ3n) is 4.92. The van der Waals surface area contributed by atoms with Crippen LogP contribution in [0.1, 0.15) is 30.9 Å². The van der Waals surface area contributed by atoms with Gasteiger partial charge < -0.3 is 14.2 Å². The summed E-state index contributed by atoms with van der Waals surface area (Å²) in [4.78, 5) is 16.9. The number of hydrogen-bond donors (Lipinski definition) is 0. The fraction of sp³-hybridized carbons (Fsp3) is 0.200. The van der Waals surface area contributed by atoms with Crippen molar-refractivity contribution in [3.05, 3.63) is 77.5 Å². The Kier molecular flexibility index (Phi) is 5.80. The van der Waals surface area contributed by atoms with E-state index in [1.807, 2.05) is 60.7 Å². The number of carbonyl (C=O) groups excluding carboxylic acids is 1. The molecule has 0 spiro atoms. The first-order valence-electron chi connectivity index (χ1n) is 10.0. The van der Waals surface area contributed by atoms with Crippen molar-refractivity contribution in [3.8, 4) is 11.5 Å². The van der Waals surface area contributed by atoms with Gasteiger partial charge in [-0.3, -0.25) is 0 Å². The molecule has 1 heterocycles. The summed E-state index contributed by atoms with van der Waals surface area (Å²) in [5.74, 6) is 1.26. The Labute approximate surface area is 175 Å². The Balaban J connectivity index is 1.64. The number of unbranched alkanes of at least 4 members (excludes halogenated alkanes) is 1. The largest absolute Gasteiger partial charge is 0.496 e. The number of rotatable bonds is 7. The molecule has 3 aromatic carbocycles. The molecule has 5 nitrogen and oxygen atoms in total. The van der Waals surface area contributed by atoms with E-state index in [2.05, 4.69) is 11.9 Å². The highest BCUT2D eigenvalue weighted by molar-refractivity contribution is 6.13. The summed E-state index contributed by atoms with van der Waals surface area (Å²) in [5.41, 5.74) is 1.76.